The summed E-state index contributed by atoms with van der Waals surface area (Å²) in [7, 11) is 1.66. The summed E-state index contributed by atoms with van der Waals surface area (Å²) in [5, 5.41) is 0.708. The molecule has 108 valence electrons. The second kappa shape index (κ2) is 10.2. The van der Waals surface area contributed by atoms with Crippen LogP contribution in [-0.4, -0.2) is 33.5 Å². The van der Waals surface area contributed by atoms with Gasteiger partial charge in [-0.1, -0.05) is 23.7 Å². The van der Waals surface area contributed by atoms with Gasteiger partial charge in [0.2, 0.25) is 0 Å². The highest BCUT2D eigenvalue weighted by Crippen LogP contribution is 2.18. The molecule has 0 spiro atoms. The summed E-state index contributed by atoms with van der Waals surface area (Å²) < 4.78 is 15.8. The van der Waals surface area contributed by atoms with Crippen molar-refractivity contribution in [2.45, 2.75) is 19.6 Å². The molecule has 1 aromatic carbocycles. The number of rotatable bonds is 10. The highest BCUT2D eigenvalue weighted by Gasteiger charge is 2.01. The van der Waals surface area contributed by atoms with Crippen LogP contribution < -0.4 is 5.73 Å². The van der Waals surface area contributed by atoms with Crippen molar-refractivity contribution < 1.29 is 14.2 Å². The van der Waals surface area contributed by atoms with E-state index in [1.54, 1.807) is 7.11 Å². The second-order valence-electron chi connectivity index (χ2n) is 4.14. The van der Waals surface area contributed by atoms with Gasteiger partial charge in [-0.2, -0.15) is 0 Å². The molecular formula is C14H22ClNO3. The predicted octanol–water partition coefficient (Wildman–Crippen LogP) is 2.37. The molecule has 0 heterocycles. The molecule has 0 aliphatic rings. The van der Waals surface area contributed by atoms with Crippen molar-refractivity contribution in [3.63, 3.8) is 0 Å². The molecule has 0 unspecified atom stereocenters. The normalized spacial score (nSPS) is 10.9. The van der Waals surface area contributed by atoms with Crippen LogP contribution in [0.3, 0.4) is 0 Å². The van der Waals surface area contributed by atoms with Crippen LogP contribution >= 0.6 is 11.6 Å². The van der Waals surface area contributed by atoms with Gasteiger partial charge in [-0.3, -0.25) is 0 Å². The van der Waals surface area contributed by atoms with E-state index >= 15 is 0 Å². The molecule has 2 N–H and O–H groups in total. The van der Waals surface area contributed by atoms with E-state index < -0.39 is 0 Å². The van der Waals surface area contributed by atoms with Crippen LogP contribution in [-0.2, 0) is 27.4 Å². The zero-order valence-corrected chi connectivity index (χ0v) is 12.1. The first-order valence-electron chi connectivity index (χ1n) is 6.39. The van der Waals surface area contributed by atoms with E-state index in [4.69, 9.17) is 31.5 Å². The molecule has 19 heavy (non-hydrogen) atoms. The van der Waals surface area contributed by atoms with E-state index in [2.05, 4.69) is 0 Å². The lowest BCUT2D eigenvalue weighted by atomic mass is 10.1. The summed E-state index contributed by atoms with van der Waals surface area (Å²) in [6, 6.07) is 5.81. The summed E-state index contributed by atoms with van der Waals surface area (Å²) in [6.45, 7) is 3.61. The highest BCUT2D eigenvalue weighted by atomic mass is 35.5. The Balaban J connectivity index is 2.12. The van der Waals surface area contributed by atoms with Gasteiger partial charge in [0.05, 0.1) is 19.8 Å². The van der Waals surface area contributed by atoms with Crippen molar-refractivity contribution in [3.05, 3.63) is 34.3 Å². The topological polar surface area (TPSA) is 53.7 Å². The fourth-order valence-corrected chi connectivity index (χ4v) is 1.78. The van der Waals surface area contributed by atoms with Crippen LogP contribution in [0.5, 0.6) is 0 Å². The molecular weight excluding hydrogens is 266 g/mol. The number of ether oxygens (including phenoxy) is 3. The van der Waals surface area contributed by atoms with Crippen LogP contribution in [0.15, 0.2) is 18.2 Å². The molecule has 1 aromatic rings. The average Bonchev–Trinajstić information content (AvgIpc) is 2.43. The molecule has 0 saturated heterocycles. The first-order valence-corrected chi connectivity index (χ1v) is 6.77. The van der Waals surface area contributed by atoms with Crippen LogP contribution in [0.4, 0.5) is 0 Å². The lowest BCUT2D eigenvalue weighted by molar-refractivity contribution is 0.0483. The average molecular weight is 288 g/mol. The summed E-state index contributed by atoms with van der Waals surface area (Å²) in [5.41, 5.74) is 7.56. The molecule has 0 aliphatic carbocycles. The van der Waals surface area contributed by atoms with Crippen molar-refractivity contribution >= 4 is 11.6 Å². The Morgan fingerprint density at radius 2 is 1.89 bits per heavy atom. The van der Waals surface area contributed by atoms with E-state index in [-0.39, 0.29) is 0 Å². The van der Waals surface area contributed by atoms with Crippen LogP contribution in [0, 0.1) is 0 Å². The summed E-state index contributed by atoms with van der Waals surface area (Å²) >= 11 is 6.13. The SMILES string of the molecule is COCCOCCCOCc1ccc(CN)cc1Cl. The molecule has 0 radical (unpaired) electrons. The maximum absolute atomic E-state index is 6.13. The summed E-state index contributed by atoms with van der Waals surface area (Å²) in [5.74, 6) is 0. The Hall–Kier alpha value is -0.650. The predicted molar refractivity (Wildman–Crippen MR) is 76.3 cm³/mol. The smallest absolute Gasteiger partial charge is 0.0731 e. The molecule has 0 aliphatic heterocycles. The van der Waals surface area contributed by atoms with E-state index in [1.807, 2.05) is 18.2 Å². The maximum atomic E-state index is 6.13. The first kappa shape index (κ1) is 16.4. The number of nitrogens with two attached hydrogens (primary N) is 1. The van der Waals surface area contributed by atoms with Gasteiger partial charge in [-0.15, -0.1) is 0 Å². The zero-order chi connectivity index (χ0) is 13.9. The van der Waals surface area contributed by atoms with Gasteiger partial charge in [0.15, 0.2) is 0 Å². The molecule has 0 atom stereocenters. The molecule has 0 aromatic heterocycles. The lowest BCUT2D eigenvalue weighted by Gasteiger charge is -2.08. The Morgan fingerprint density at radius 1 is 1.11 bits per heavy atom. The minimum absolute atomic E-state index is 0.500. The van der Waals surface area contributed by atoms with E-state index in [9.17, 15) is 0 Å². The second-order valence-corrected chi connectivity index (χ2v) is 4.55. The fourth-order valence-electron chi connectivity index (χ4n) is 1.52. The van der Waals surface area contributed by atoms with Crippen molar-refractivity contribution in [1.82, 2.24) is 0 Å². The minimum atomic E-state index is 0.500. The van der Waals surface area contributed by atoms with Gasteiger partial charge in [-0.25, -0.2) is 0 Å². The van der Waals surface area contributed by atoms with Gasteiger partial charge in [-0.05, 0) is 23.6 Å². The van der Waals surface area contributed by atoms with Gasteiger partial charge < -0.3 is 19.9 Å². The standard InChI is InChI=1S/C14H22ClNO3/c1-17-7-8-18-5-2-6-19-11-13-4-3-12(10-16)9-14(13)15/h3-4,9H,2,5-8,10-11,16H2,1H3. The molecule has 0 amide bonds. The van der Waals surface area contributed by atoms with Gasteiger partial charge in [0.25, 0.3) is 0 Å². The Kier molecular flexibility index (Phi) is 8.79. The molecule has 0 fully saturated rings. The lowest BCUT2D eigenvalue weighted by Crippen LogP contribution is -2.06. The van der Waals surface area contributed by atoms with E-state index in [0.717, 1.165) is 17.5 Å². The minimum Gasteiger partial charge on any atom is -0.382 e. The molecule has 1 rings (SSSR count). The van der Waals surface area contributed by atoms with Gasteiger partial charge >= 0.3 is 0 Å². The third-order valence-electron chi connectivity index (χ3n) is 2.62. The third-order valence-corrected chi connectivity index (χ3v) is 2.97. The number of hydrogen-bond acceptors (Lipinski definition) is 4. The van der Waals surface area contributed by atoms with Gasteiger partial charge in [0, 0.05) is 31.9 Å². The van der Waals surface area contributed by atoms with Crippen LogP contribution in [0.1, 0.15) is 17.5 Å². The maximum Gasteiger partial charge on any atom is 0.0731 e. The molecule has 0 bridgehead atoms. The van der Waals surface area contributed by atoms with Crippen molar-refractivity contribution in [1.29, 1.82) is 0 Å². The van der Waals surface area contributed by atoms with Crippen molar-refractivity contribution in [3.8, 4) is 0 Å². The van der Waals surface area contributed by atoms with E-state index in [0.29, 0.717) is 44.6 Å². The monoisotopic (exact) mass is 287 g/mol. The van der Waals surface area contributed by atoms with Gasteiger partial charge in [0.1, 0.15) is 0 Å². The highest BCUT2D eigenvalue weighted by molar-refractivity contribution is 6.31. The number of hydrogen-bond donors (Lipinski definition) is 1. The molecule has 0 saturated carbocycles. The number of benzene rings is 1. The number of halogens is 1. The molecule has 5 heteroatoms. The van der Waals surface area contributed by atoms with Crippen LogP contribution in [0.25, 0.3) is 0 Å². The third kappa shape index (κ3) is 6.89. The number of methoxy groups -OCH3 is 1. The zero-order valence-electron chi connectivity index (χ0n) is 11.4. The van der Waals surface area contributed by atoms with E-state index in [1.165, 1.54) is 0 Å². The van der Waals surface area contributed by atoms with Crippen molar-refractivity contribution in [2.24, 2.45) is 5.73 Å². The summed E-state index contributed by atoms with van der Waals surface area (Å²) in [6.07, 6.45) is 0.863. The Morgan fingerprint density at radius 3 is 2.58 bits per heavy atom. The fraction of sp³-hybridized carbons (Fsp3) is 0.571. The van der Waals surface area contributed by atoms with Crippen LogP contribution in [0.2, 0.25) is 5.02 Å². The first-order chi connectivity index (χ1) is 9.27. The van der Waals surface area contributed by atoms with Crippen molar-refractivity contribution in [2.75, 3.05) is 33.5 Å². The Bertz CT molecular complexity index is 361. The summed E-state index contributed by atoms with van der Waals surface area (Å²) in [4.78, 5) is 0. The Labute approximate surface area is 119 Å². The molecule has 4 nitrogen and oxygen atoms in total. The quantitative estimate of drug-likeness (QED) is 0.671. The largest absolute Gasteiger partial charge is 0.382 e.